The van der Waals surface area contributed by atoms with Gasteiger partial charge < -0.3 is 10.2 Å². The fraction of sp³-hybridized carbons (Fsp3) is 0.682. The van der Waals surface area contributed by atoms with Gasteiger partial charge in [-0.25, -0.2) is 5.43 Å². The first-order chi connectivity index (χ1) is 13.6. The Kier molecular flexibility index (Phi) is 8.27. The molecule has 2 atom stereocenters. The third-order valence-corrected chi connectivity index (χ3v) is 5.72. The van der Waals surface area contributed by atoms with Gasteiger partial charge in [-0.2, -0.15) is 0 Å². The summed E-state index contributed by atoms with van der Waals surface area (Å²) in [6.07, 6.45) is 3.00. The highest BCUT2D eigenvalue weighted by Gasteiger charge is 2.29. The predicted octanol–water partition coefficient (Wildman–Crippen LogP) is 1.59. The molecule has 1 aromatic carbocycles. The number of rotatable bonds is 9. The van der Waals surface area contributed by atoms with E-state index in [-0.39, 0.29) is 11.9 Å². The zero-order valence-electron chi connectivity index (χ0n) is 17.5. The summed E-state index contributed by atoms with van der Waals surface area (Å²) in [5.41, 5.74) is 7.80. The lowest BCUT2D eigenvalue weighted by Crippen LogP contribution is -2.47. The van der Waals surface area contributed by atoms with Crippen molar-refractivity contribution in [3.8, 4) is 0 Å². The molecule has 2 aliphatic rings. The van der Waals surface area contributed by atoms with Gasteiger partial charge in [0.25, 0.3) is 0 Å². The fourth-order valence-electron chi connectivity index (χ4n) is 4.17. The Bertz CT molecular complexity index is 586. The van der Waals surface area contributed by atoms with Crippen LogP contribution in [0.4, 0.5) is 0 Å². The lowest BCUT2D eigenvalue weighted by Gasteiger charge is -2.34. The number of amides is 1. The van der Waals surface area contributed by atoms with Crippen LogP contribution in [0.15, 0.2) is 30.3 Å². The summed E-state index contributed by atoms with van der Waals surface area (Å²) >= 11 is 0. The third-order valence-electron chi connectivity index (χ3n) is 5.72. The Morgan fingerprint density at radius 1 is 1.11 bits per heavy atom. The van der Waals surface area contributed by atoms with Gasteiger partial charge in [-0.1, -0.05) is 44.2 Å². The third kappa shape index (κ3) is 6.85. The summed E-state index contributed by atoms with van der Waals surface area (Å²) in [7, 11) is 0. The molecule has 1 amide bonds. The van der Waals surface area contributed by atoms with Crippen molar-refractivity contribution in [2.24, 2.45) is 5.92 Å². The monoisotopic (exact) mass is 387 g/mol. The molecule has 3 rings (SSSR count). The topological polar surface area (TPSA) is 59.6 Å². The molecule has 0 radical (unpaired) electrons. The maximum Gasteiger partial charge on any atom is 0.238 e. The molecule has 2 heterocycles. The summed E-state index contributed by atoms with van der Waals surface area (Å²) in [4.78, 5) is 17.4. The number of hydrazine groups is 1. The molecule has 156 valence electrons. The van der Waals surface area contributed by atoms with Crippen LogP contribution in [0, 0.1) is 5.92 Å². The summed E-state index contributed by atoms with van der Waals surface area (Å²) in [6.45, 7) is 11.8. The van der Waals surface area contributed by atoms with Crippen molar-refractivity contribution in [3.05, 3.63) is 35.9 Å². The number of carbonyl (C=O) groups excluding carboxylic acids is 1. The van der Waals surface area contributed by atoms with Crippen LogP contribution in [0.5, 0.6) is 0 Å². The molecule has 0 bridgehead atoms. The second-order valence-electron chi connectivity index (χ2n) is 8.65. The minimum atomic E-state index is -0.0923. The minimum absolute atomic E-state index is 0.0923. The number of nitrogens with one attached hydrogen (secondary N) is 3. The number of hydrogen-bond acceptors (Lipinski definition) is 5. The Morgan fingerprint density at radius 3 is 2.54 bits per heavy atom. The molecule has 6 heteroatoms. The molecule has 6 nitrogen and oxygen atoms in total. The first-order valence-corrected chi connectivity index (χ1v) is 10.9. The van der Waals surface area contributed by atoms with Gasteiger partial charge in [-0.15, -0.1) is 0 Å². The van der Waals surface area contributed by atoms with Crippen LogP contribution < -0.4 is 16.2 Å². The Hall–Kier alpha value is -1.47. The quantitative estimate of drug-likeness (QED) is 0.562. The fourth-order valence-corrected chi connectivity index (χ4v) is 4.17. The van der Waals surface area contributed by atoms with E-state index in [0.717, 1.165) is 65.1 Å². The first-order valence-electron chi connectivity index (χ1n) is 10.9. The van der Waals surface area contributed by atoms with E-state index in [1.165, 1.54) is 5.56 Å². The van der Waals surface area contributed by atoms with E-state index in [4.69, 9.17) is 0 Å². The van der Waals surface area contributed by atoms with Crippen molar-refractivity contribution in [1.29, 1.82) is 0 Å². The van der Waals surface area contributed by atoms with Gasteiger partial charge in [0.15, 0.2) is 0 Å². The molecule has 2 saturated heterocycles. The summed E-state index contributed by atoms with van der Waals surface area (Å²) in [5, 5.41) is 3.10. The molecular weight excluding hydrogens is 350 g/mol. The van der Waals surface area contributed by atoms with Gasteiger partial charge in [-0.3, -0.25) is 15.1 Å². The zero-order valence-corrected chi connectivity index (χ0v) is 17.5. The number of benzene rings is 1. The van der Waals surface area contributed by atoms with Crippen molar-refractivity contribution in [1.82, 2.24) is 26.0 Å². The number of hydrogen-bond donors (Lipinski definition) is 3. The Balaban J connectivity index is 1.25. The number of nitrogens with zero attached hydrogens (tertiary/aromatic N) is 2. The van der Waals surface area contributed by atoms with E-state index < -0.39 is 0 Å². The highest BCUT2D eigenvalue weighted by Crippen LogP contribution is 2.14. The summed E-state index contributed by atoms with van der Waals surface area (Å²) in [5.74, 6) is 0.778. The van der Waals surface area contributed by atoms with E-state index in [2.05, 4.69) is 70.1 Å². The second kappa shape index (κ2) is 10.9. The van der Waals surface area contributed by atoms with Crippen LogP contribution >= 0.6 is 0 Å². The van der Waals surface area contributed by atoms with Crippen molar-refractivity contribution < 1.29 is 4.79 Å². The van der Waals surface area contributed by atoms with Gasteiger partial charge in [0.2, 0.25) is 5.91 Å². The first kappa shape index (κ1) is 21.2. The molecule has 2 aliphatic heterocycles. The molecule has 2 unspecified atom stereocenters. The van der Waals surface area contributed by atoms with E-state index in [1.807, 2.05) is 0 Å². The SMILES string of the molecule is CC(C)CC1CC(C(=O)NCCCN2CCN(Cc3ccccc3)CC2)NN1. The highest BCUT2D eigenvalue weighted by atomic mass is 16.2. The smallest absolute Gasteiger partial charge is 0.238 e. The molecule has 2 fully saturated rings. The lowest BCUT2D eigenvalue weighted by atomic mass is 10.00. The van der Waals surface area contributed by atoms with Crippen molar-refractivity contribution in [2.75, 3.05) is 39.3 Å². The van der Waals surface area contributed by atoms with E-state index in [9.17, 15) is 4.79 Å². The van der Waals surface area contributed by atoms with Crippen LogP contribution in [0.25, 0.3) is 0 Å². The van der Waals surface area contributed by atoms with Gasteiger partial charge in [0.05, 0.1) is 0 Å². The predicted molar refractivity (Wildman–Crippen MR) is 114 cm³/mol. The zero-order chi connectivity index (χ0) is 19.8. The minimum Gasteiger partial charge on any atom is -0.355 e. The molecule has 3 N–H and O–H groups in total. The van der Waals surface area contributed by atoms with Gasteiger partial charge in [0, 0.05) is 45.3 Å². The second-order valence-corrected chi connectivity index (χ2v) is 8.65. The van der Waals surface area contributed by atoms with Crippen LogP contribution in [0.3, 0.4) is 0 Å². The summed E-state index contributed by atoms with van der Waals surface area (Å²) < 4.78 is 0. The van der Waals surface area contributed by atoms with E-state index in [1.54, 1.807) is 0 Å². The summed E-state index contributed by atoms with van der Waals surface area (Å²) in [6, 6.07) is 11.0. The molecule has 28 heavy (non-hydrogen) atoms. The van der Waals surface area contributed by atoms with E-state index >= 15 is 0 Å². The molecule has 0 aromatic heterocycles. The maximum atomic E-state index is 12.3. The van der Waals surface area contributed by atoms with Crippen LogP contribution in [-0.4, -0.2) is 67.1 Å². The van der Waals surface area contributed by atoms with Gasteiger partial charge >= 0.3 is 0 Å². The average molecular weight is 388 g/mol. The highest BCUT2D eigenvalue weighted by molar-refractivity contribution is 5.81. The lowest BCUT2D eigenvalue weighted by molar-refractivity contribution is -0.122. The standard InChI is InChI=1S/C22H37N5O/c1-18(2)15-20-16-21(25-24-20)22(28)23-9-6-10-26-11-13-27(14-12-26)17-19-7-4-3-5-8-19/h3-5,7-8,18,20-21,24-25H,6,9-17H2,1-2H3,(H,23,28). The van der Waals surface area contributed by atoms with E-state index in [0.29, 0.717) is 12.0 Å². The Labute approximate surface area is 170 Å². The van der Waals surface area contributed by atoms with Crippen LogP contribution in [0.1, 0.15) is 38.7 Å². The molecule has 1 aromatic rings. The Morgan fingerprint density at radius 2 is 1.82 bits per heavy atom. The molecular formula is C22H37N5O. The number of carbonyl (C=O) groups is 1. The molecule has 0 saturated carbocycles. The molecule has 0 aliphatic carbocycles. The van der Waals surface area contributed by atoms with Crippen molar-refractivity contribution in [3.63, 3.8) is 0 Å². The number of piperazine rings is 1. The normalized spacial score (nSPS) is 24.0. The van der Waals surface area contributed by atoms with Crippen molar-refractivity contribution in [2.45, 2.75) is 51.7 Å². The average Bonchev–Trinajstić information content (AvgIpc) is 3.15. The maximum absolute atomic E-state index is 12.3. The van der Waals surface area contributed by atoms with Crippen LogP contribution in [-0.2, 0) is 11.3 Å². The van der Waals surface area contributed by atoms with Gasteiger partial charge in [-0.05, 0) is 37.3 Å². The van der Waals surface area contributed by atoms with Crippen LogP contribution in [0.2, 0.25) is 0 Å². The van der Waals surface area contributed by atoms with Crippen molar-refractivity contribution >= 4 is 5.91 Å². The molecule has 0 spiro atoms. The largest absolute Gasteiger partial charge is 0.355 e. The van der Waals surface area contributed by atoms with Gasteiger partial charge in [0.1, 0.15) is 6.04 Å².